The molecule has 0 bridgehead atoms. The summed E-state index contributed by atoms with van der Waals surface area (Å²) < 4.78 is 0. The van der Waals surface area contributed by atoms with Crippen LogP contribution in [-0.2, 0) is 0 Å². The molecule has 0 unspecified atom stereocenters. The lowest BCUT2D eigenvalue weighted by Crippen LogP contribution is -2.54. The zero-order chi connectivity index (χ0) is 11.9. The van der Waals surface area contributed by atoms with Crippen molar-refractivity contribution in [3.05, 3.63) is 0 Å². The number of rotatable bonds is 1. The van der Waals surface area contributed by atoms with E-state index in [1.165, 1.54) is 12.8 Å². The topological polar surface area (TPSA) is 20.2 Å². The van der Waals surface area contributed by atoms with E-state index in [0.29, 0.717) is 5.41 Å². The van der Waals surface area contributed by atoms with Crippen molar-refractivity contribution in [2.75, 3.05) is 0 Å². The molecule has 0 spiro atoms. The second kappa shape index (κ2) is 3.88. The Bertz CT molecular complexity index is 214. The molecule has 0 aromatic rings. The van der Waals surface area contributed by atoms with Gasteiger partial charge in [0.25, 0.3) is 0 Å². The molecule has 0 atom stereocenters. The van der Waals surface area contributed by atoms with Gasteiger partial charge in [0.2, 0.25) is 0 Å². The third-order valence-electron chi connectivity index (χ3n) is 4.43. The van der Waals surface area contributed by atoms with E-state index in [4.69, 9.17) is 0 Å². The summed E-state index contributed by atoms with van der Waals surface area (Å²) in [5.74, 6) is 0.800. The minimum atomic E-state index is -1.41. The fourth-order valence-corrected chi connectivity index (χ4v) is 4.50. The van der Waals surface area contributed by atoms with Gasteiger partial charge < -0.3 is 5.11 Å². The lowest BCUT2D eigenvalue weighted by atomic mass is 9.71. The van der Waals surface area contributed by atoms with Crippen molar-refractivity contribution in [2.24, 2.45) is 11.3 Å². The van der Waals surface area contributed by atoms with Crippen LogP contribution in [0.2, 0.25) is 19.6 Å². The molecule has 1 rings (SSSR count). The first-order valence-electron chi connectivity index (χ1n) is 6.29. The van der Waals surface area contributed by atoms with Crippen molar-refractivity contribution in [2.45, 2.75) is 71.3 Å². The Labute approximate surface area is 96.3 Å². The highest BCUT2D eigenvalue weighted by Gasteiger charge is 2.45. The first-order valence-corrected chi connectivity index (χ1v) is 9.79. The highest BCUT2D eigenvalue weighted by atomic mass is 28.3. The Morgan fingerprint density at radius 3 is 1.73 bits per heavy atom. The van der Waals surface area contributed by atoms with E-state index in [1.54, 1.807) is 0 Å². The maximum atomic E-state index is 10.7. The molecule has 1 aliphatic rings. The van der Waals surface area contributed by atoms with Gasteiger partial charge >= 0.3 is 0 Å². The maximum absolute atomic E-state index is 10.7. The fraction of sp³-hybridized carbons (Fsp3) is 1.00. The van der Waals surface area contributed by atoms with E-state index in [0.717, 1.165) is 18.8 Å². The molecule has 2 heteroatoms. The van der Waals surface area contributed by atoms with Crippen molar-refractivity contribution < 1.29 is 5.11 Å². The van der Waals surface area contributed by atoms with Gasteiger partial charge in [0.15, 0.2) is 0 Å². The number of aliphatic hydroxyl groups is 1. The van der Waals surface area contributed by atoms with Crippen LogP contribution in [-0.4, -0.2) is 18.4 Å². The minimum Gasteiger partial charge on any atom is -0.393 e. The third-order valence-corrected chi connectivity index (χ3v) is 7.73. The first-order chi connectivity index (χ1) is 6.56. The summed E-state index contributed by atoms with van der Waals surface area (Å²) in [4.78, 5) is 0. The van der Waals surface area contributed by atoms with Crippen LogP contribution in [0.3, 0.4) is 0 Å². The molecule has 0 amide bonds. The Morgan fingerprint density at radius 1 is 1.07 bits per heavy atom. The third kappa shape index (κ3) is 2.85. The minimum absolute atomic E-state index is 0.297. The molecule has 1 saturated carbocycles. The van der Waals surface area contributed by atoms with Gasteiger partial charge in [-0.15, -0.1) is 0 Å². The van der Waals surface area contributed by atoms with Gasteiger partial charge in [0.1, 0.15) is 0 Å². The van der Waals surface area contributed by atoms with Crippen molar-refractivity contribution in [1.29, 1.82) is 0 Å². The molecule has 0 radical (unpaired) electrons. The summed E-state index contributed by atoms with van der Waals surface area (Å²) in [5, 5.41) is 10.4. The highest BCUT2D eigenvalue weighted by Crippen LogP contribution is 2.44. The summed E-state index contributed by atoms with van der Waals surface area (Å²) >= 11 is 0. The predicted octanol–water partition coefficient (Wildman–Crippen LogP) is 3.83. The molecular formula is C13H28OSi. The molecule has 0 aliphatic heterocycles. The molecule has 1 N–H and O–H groups in total. The van der Waals surface area contributed by atoms with E-state index in [2.05, 4.69) is 40.4 Å². The monoisotopic (exact) mass is 228 g/mol. The van der Waals surface area contributed by atoms with E-state index in [1.807, 2.05) is 0 Å². The van der Waals surface area contributed by atoms with Gasteiger partial charge in [-0.2, -0.15) is 0 Å². The van der Waals surface area contributed by atoms with Crippen LogP contribution in [0.15, 0.2) is 0 Å². The van der Waals surface area contributed by atoms with Crippen molar-refractivity contribution >= 4 is 8.07 Å². The zero-order valence-electron chi connectivity index (χ0n) is 11.4. The van der Waals surface area contributed by atoms with E-state index >= 15 is 0 Å². The quantitative estimate of drug-likeness (QED) is 0.676. The average Bonchev–Trinajstić information content (AvgIpc) is 2.01. The van der Waals surface area contributed by atoms with Crippen LogP contribution >= 0.6 is 0 Å². The Morgan fingerprint density at radius 2 is 1.47 bits per heavy atom. The fourth-order valence-electron chi connectivity index (χ4n) is 2.71. The standard InChI is InChI=1S/C13H28OSi/c1-12(2,3)11-7-9-13(14,10-8-11)15(4,5)6/h11,14H,7-10H2,1-6H3. The van der Waals surface area contributed by atoms with Gasteiger partial charge in [0, 0.05) is 0 Å². The van der Waals surface area contributed by atoms with Gasteiger partial charge in [0.05, 0.1) is 13.3 Å². The van der Waals surface area contributed by atoms with Gasteiger partial charge in [-0.3, -0.25) is 0 Å². The van der Waals surface area contributed by atoms with Crippen LogP contribution < -0.4 is 0 Å². The van der Waals surface area contributed by atoms with E-state index in [-0.39, 0.29) is 5.22 Å². The molecule has 90 valence electrons. The summed E-state index contributed by atoms with van der Waals surface area (Å²) in [6.45, 7) is 13.9. The van der Waals surface area contributed by atoms with Gasteiger partial charge in [-0.05, 0) is 37.0 Å². The van der Waals surface area contributed by atoms with E-state index in [9.17, 15) is 5.11 Å². The molecular weight excluding hydrogens is 200 g/mol. The van der Waals surface area contributed by atoms with Crippen molar-refractivity contribution in [3.63, 3.8) is 0 Å². The summed E-state index contributed by atoms with van der Waals surface area (Å²) in [5.41, 5.74) is 0.417. The lowest BCUT2D eigenvalue weighted by Gasteiger charge is -2.47. The first kappa shape index (κ1) is 13.2. The van der Waals surface area contributed by atoms with Crippen LogP contribution in [0.4, 0.5) is 0 Å². The molecule has 1 nitrogen and oxygen atoms in total. The summed E-state index contributed by atoms with van der Waals surface area (Å²) in [6, 6.07) is 0. The SMILES string of the molecule is CC(C)(C)C1CCC(O)([Si](C)(C)C)CC1. The normalized spacial score (nSPS) is 34.2. The zero-order valence-corrected chi connectivity index (χ0v) is 12.4. The molecule has 0 heterocycles. The molecule has 0 aromatic carbocycles. The molecule has 0 saturated heterocycles. The number of hydrogen-bond donors (Lipinski definition) is 1. The van der Waals surface area contributed by atoms with Crippen LogP contribution in [0.1, 0.15) is 46.5 Å². The Hall–Kier alpha value is 0.177. The smallest absolute Gasteiger partial charge is 0.0820 e. The molecule has 1 aliphatic carbocycles. The van der Waals surface area contributed by atoms with Crippen LogP contribution in [0, 0.1) is 11.3 Å². The summed E-state index contributed by atoms with van der Waals surface area (Å²) in [7, 11) is -1.41. The lowest BCUT2D eigenvalue weighted by molar-refractivity contribution is 0.0314. The van der Waals surface area contributed by atoms with E-state index < -0.39 is 8.07 Å². The Balaban J connectivity index is 2.64. The molecule has 15 heavy (non-hydrogen) atoms. The largest absolute Gasteiger partial charge is 0.393 e. The summed E-state index contributed by atoms with van der Waals surface area (Å²) in [6.07, 6.45) is 4.49. The molecule has 0 aromatic heterocycles. The van der Waals surface area contributed by atoms with Crippen LogP contribution in [0.5, 0.6) is 0 Å². The second-order valence-electron chi connectivity index (χ2n) is 7.42. The van der Waals surface area contributed by atoms with Crippen LogP contribution in [0.25, 0.3) is 0 Å². The predicted molar refractivity (Wildman–Crippen MR) is 69.7 cm³/mol. The van der Waals surface area contributed by atoms with Gasteiger partial charge in [-0.1, -0.05) is 40.4 Å². The average molecular weight is 228 g/mol. The maximum Gasteiger partial charge on any atom is 0.0820 e. The second-order valence-corrected chi connectivity index (χ2v) is 12.9. The van der Waals surface area contributed by atoms with Crippen molar-refractivity contribution in [1.82, 2.24) is 0 Å². The number of hydrogen-bond acceptors (Lipinski definition) is 1. The van der Waals surface area contributed by atoms with Crippen molar-refractivity contribution in [3.8, 4) is 0 Å². The Kier molecular flexibility index (Phi) is 3.43. The molecule has 1 fully saturated rings. The highest BCUT2D eigenvalue weighted by molar-refractivity contribution is 6.78. The van der Waals surface area contributed by atoms with Gasteiger partial charge in [-0.25, -0.2) is 0 Å².